The Morgan fingerprint density at radius 3 is 2.24 bits per heavy atom. The maximum atomic E-state index is 9.46. The molecule has 0 radical (unpaired) electrons. The van der Waals surface area contributed by atoms with Crippen molar-refractivity contribution in [3.8, 4) is 17.2 Å². The van der Waals surface area contributed by atoms with Gasteiger partial charge in [-0.2, -0.15) is 4.98 Å². The van der Waals surface area contributed by atoms with Gasteiger partial charge in [0.2, 0.25) is 17.6 Å². The number of aliphatic hydroxyl groups is 1. The first-order valence-corrected chi connectivity index (χ1v) is 8.89. The molecule has 3 aromatic rings. The van der Waals surface area contributed by atoms with Gasteiger partial charge in [-0.25, -0.2) is 9.97 Å². The van der Waals surface area contributed by atoms with Crippen LogP contribution in [0.3, 0.4) is 0 Å². The van der Waals surface area contributed by atoms with Gasteiger partial charge < -0.3 is 29.5 Å². The van der Waals surface area contributed by atoms with Crippen LogP contribution in [0.1, 0.15) is 0 Å². The fourth-order valence-corrected chi connectivity index (χ4v) is 2.81. The topological polar surface area (TPSA) is 102 Å². The third-order valence-corrected chi connectivity index (χ3v) is 4.11. The van der Waals surface area contributed by atoms with E-state index < -0.39 is 0 Å². The zero-order valence-corrected chi connectivity index (χ0v) is 16.5. The summed E-state index contributed by atoms with van der Waals surface area (Å²) in [6.07, 6.45) is 1.41. The lowest BCUT2D eigenvalue weighted by molar-refractivity contribution is 0.305. The molecule has 152 valence electrons. The van der Waals surface area contributed by atoms with E-state index in [1.165, 1.54) is 6.33 Å². The second kappa shape index (κ2) is 9.56. The van der Waals surface area contributed by atoms with Gasteiger partial charge in [0.05, 0.1) is 27.9 Å². The smallest absolute Gasteiger partial charge is 0.234 e. The lowest BCUT2D eigenvalue weighted by Gasteiger charge is -2.22. The summed E-state index contributed by atoms with van der Waals surface area (Å²) in [5.74, 6) is 2.26. The van der Waals surface area contributed by atoms with Crippen molar-refractivity contribution in [2.75, 3.05) is 44.7 Å². The number of benzene rings is 2. The van der Waals surface area contributed by atoms with Crippen molar-refractivity contribution >= 4 is 23.3 Å². The Morgan fingerprint density at radius 2 is 1.66 bits per heavy atom. The number of hydrogen-bond donors (Lipinski definition) is 2. The van der Waals surface area contributed by atoms with E-state index in [-0.39, 0.29) is 6.61 Å². The predicted molar refractivity (Wildman–Crippen MR) is 110 cm³/mol. The minimum Gasteiger partial charge on any atom is -0.493 e. The summed E-state index contributed by atoms with van der Waals surface area (Å²) in [4.78, 5) is 14.7. The highest BCUT2D eigenvalue weighted by atomic mass is 16.5. The van der Waals surface area contributed by atoms with Gasteiger partial charge in [0.25, 0.3) is 0 Å². The van der Waals surface area contributed by atoms with Crippen LogP contribution in [-0.2, 0) is 0 Å². The average molecular weight is 397 g/mol. The van der Waals surface area contributed by atoms with Crippen LogP contribution in [0, 0.1) is 0 Å². The molecule has 0 unspecified atom stereocenters. The lowest BCUT2D eigenvalue weighted by Crippen LogP contribution is -2.23. The number of para-hydroxylation sites is 1. The van der Waals surface area contributed by atoms with E-state index in [2.05, 4.69) is 20.3 Å². The fraction of sp³-hybridized carbons (Fsp3) is 0.250. The first kappa shape index (κ1) is 20.2. The molecule has 0 aliphatic heterocycles. The molecular weight excluding hydrogens is 374 g/mol. The number of aromatic nitrogens is 3. The minimum atomic E-state index is -0.0454. The molecule has 3 rings (SSSR count). The zero-order valence-electron chi connectivity index (χ0n) is 16.5. The number of methoxy groups -OCH3 is 3. The SMILES string of the molecule is COc1cc(Nc2ncnc(N(CCO)c3ccccc3)n2)cc(OC)c1OC. The van der Waals surface area contributed by atoms with Crippen LogP contribution in [-0.4, -0.2) is 54.5 Å². The summed E-state index contributed by atoms with van der Waals surface area (Å²) >= 11 is 0. The van der Waals surface area contributed by atoms with Gasteiger partial charge in [-0.1, -0.05) is 18.2 Å². The van der Waals surface area contributed by atoms with Crippen LogP contribution in [0.4, 0.5) is 23.3 Å². The minimum absolute atomic E-state index is 0.0454. The van der Waals surface area contributed by atoms with Crippen molar-refractivity contribution in [3.05, 3.63) is 48.8 Å². The summed E-state index contributed by atoms with van der Waals surface area (Å²) in [5.41, 5.74) is 1.52. The first-order valence-electron chi connectivity index (χ1n) is 8.89. The quantitative estimate of drug-likeness (QED) is 0.564. The van der Waals surface area contributed by atoms with Crippen LogP contribution in [0.5, 0.6) is 17.2 Å². The number of ether oxygens (including phenoxy) is 3. The van der Waals surface area contributed by atoms with Crippen LogP contribution < -0.4 is 24.4 Å². The van der Waals surface area contributed by atoms with Crippen molar-refractivity contribution in [3.63, 3.8) is 0 Å². The van der Waals surface area contributed by atoms with E-state index in [0.717, 1.165) is 5.69 Å². The standard InChI is InChI=1S/C20H23N5O4/c1-27-16-11-14(12-17(28-2)18(16)29-3)23-19-21-13-22-20(24-19)25(9-10-26)15-7-5-4-6-8-15/h4-8,11-13,26H,9-10H2,1-3H3,(H,21,22,23,24). The van der Waals surface area contributed by atoms with E-state index >= 15 is 0 Å². The molecule has 29 heavy (non-hydrogen) atoms. The highest BCUT2D eigenvalue weighted by molar-refractivity contribution is 5.66. The second-order valence-corrected chi connectivity index (χ2v) is 5.86. The number of aliphatic hydroxyl groups excluding tert-OH is 1. The third-order valence-electron chi connectivity index (χ3n) is 4.11. The van der Waals surface area contributed by atoms with Crippen LogP contribution in [0.15, 0.2) is 48.8 Å². The van der Waals surface area contributed by atoms with Crippen molar-refractivity contribution in [1.29, 1.82) is 0 Å². The zero-order chi connectivity index (χ0) is 20.6. The van der Waals surface area contributed by atoms with E-state index in [1.807, 2.05) is 35.2 Å². The number of anilines is 4. The molecule has 9 nitrogen and oxygen atoms in total. The van der Waals surface area contributed by atoms with Crippen molar-refractivity contribution in [2.45, 2.75) is 0 Å². The largest absolute Gasteiger partial charge is 0.493 e. The molecular formula is C20H23N5O4. The van der Waals surface area contributed by atoms with Crippen LogP contribution in [0.2, 0.25) is 0 Å². The molecule has 2 aromatic carbocycles. The van der Waals surface area contributed by atoms with E-state index in [4.69, 9.17) is 14.2 Å². The normalized spacial score (nSPS) is 10.3. The molecule has 0 saturated carbocycles. The Hall–Kier alpha value is -3.59. The van der Waals surface area contributed by atoms with Gasteiger partial charge in [0.1, 0.15) is 6.33 Å². The van der Waals surface area contributed by atoms with Crippen LogP contribution in [0.25, 0.3) is 0 Å². The van der Waals surface area contributed by atoms with E-state index in [9.17, 15) is 5.11 Å². The Bertz CT molecular complexity index is 914. The predicted octanol–water partition coefficient (Wildman–Crippen LogP) is 2.77. The summed E-state index contributed by atoms with van der Waals surface area (Å²) in [6, 6.07) is 13.1. The van der Waals surface area contributed by atoms with Gasteiger partial charge in [0, 0.05) is 30.1 Å². The monoisotopic (exact) mass is 397 g/mol. The second-order valence-electron chi connectivity index (χ2n) is 5.86. The molecule has 0 aliphatic rings. The Labute approximate surface area is 168 Å². The maximum Gasteiger partial charge on any atom is 0.234 e. The van der Waals surface area contributed by atoms with Crippen molar-refractivity contribution in [1.82, 2.24) is 15.0 Å². The molecule has 0 atom stereocenters. The number of nitrogens with zero attached hydrogens (tertiary/aromatic N) is 4. The van der Waals surface area contributed by atoms with Gasteiger partial charge >= 0.3 is 0 Å². The Balaban J connectivity index is 1.92. The van der Waals surface area contributed by atoms with Gasteiger partial charge in [-0.05, 0) is 12.1 Å². The lowest BCUT2D eigenvalue weighted by atomic mass is 10.2. The Morgan fingerprint density at radius 1 is 0.966 bits per heavy atom. The molecule has 0 saturated heterocycles. The molecule has 0 amide bonds. The Kier molecular flexibility index (Phi) is 6.64. The van der Waals surface area contributed by atoms with Gasteiger partial charge in [0.15, 0.2) is 11.5 Å². The molecule has 0 spiro atoms. The highest BCUT2D eigenvalue weighted by Gasteiger charge is 2.16. The van der Waals surface area contributed by atoms with Crippen LogP contribution >= 0.6 is 0 Å². The molecule has 0 aliphatic carbocycles. The van der Waals surface area contributed by atoms with E-state index in [1.54, 1.807) is 33.5 Å². The average Bonchev–Trinajstić information content (AvgIpc) is 2.77. The summed E-state index contributed by atoms with van der Waals surface area (Å²) in [5, 5.41) is 12.6. The third kappa shape index (κ3) is 4.64. The summed E-state index contributed by atoms with van der Waals surface area (Å²) in [6.45, 7) is 0.299. The maximum absolute atomic E-state index is 9.46. The number of nitrogens with one attached hydrogen (secondary N) is 1. The van der Waals surface area contributed by atoms with Gasteiger partial charge in [-0.3, -0.25) is 0 Å². The van der Waals surface area contributed by atoms with Gasteiger partial charge in [-0.15, -0.1) is 0 Å². The first-order chi connectivity index (χ1) is 14.2. The molecule has 9 heteroatoms. The number of hydrogen-bond acceptors (Lipinski definition) is 9. The summed E-state index contributed by atoms with van der Waals surface area (Å²) in [7, 11) is 4.65. The molecule has 1 aromatic heterocycles. The highest BCUT2D eigenvalue weighted by Crippen LogP contribution is 2.40. The molecule has 0 fully saturated rings. The molecule has 0 bridgehead atoms. The molecule has 2 N–H and O–H groups in total. The molecule has 1 heterocycles. The number of rotatable bonds is 9. The fourth-order valence-electron chi connectivity index (χ4n) is 2.81. The van der Waals surface area contributed by atoms with E-state index in [0.29, 0.717) is 41.4 Å². The summed E-state index contributed by atoms with van der Waals surface area (Å²) < 4.78 is 16.1. The van der Waals surface area contributed by atoms with Crippen molar-refractivity contribution in [2.24, 2.45) is 0 Å². The van der Waals surface area contributed by atoms with Crippen molar-refractivity contribution < 1.29 is 19.3 Å².